The fourth-order valence-corrected chi connectivity index (χ4v) is 2.47. The van der Waals surface area contributed by atoms with Gasteiger partial charge in [0.05, 0.1) is 7.11 Å². The van der Waals surface area contributed by atoms with E-state index < -0.39 is 0 Å². The lowest BCUT2D eigenvalue weighted by molar-refractivity contribution is -0.107. The van der Waals surface area contributed by atoms with Gasteiger partial charge in [0.1, 0.15) is 12.4 Å². The van der Waals surface area contributed by atoms with Gasteiger partial charge in [-0.3, -0.25) is 0 Å². The van der Waals surface area contributed by atoms with Crippen LogP contribution in [0.2, 0.25) is 0 Å². The molecule has 0 amide bonds. The van der Waals surface area contributed by atoms with Gasteiger partial charge in [-0.25, -0.2) is 0 Å². The normalized spacial score (nSPS) is 16.9. The molecular weight excluding hydrogens is 254 g/mol. The molecule has 1 aliphatic heterocycles. The molecule has 0 spiro atoms. The van der Waals surface area contributed by atoms with Crippen LogP contribution in [0.25, 0.3) is 0 Å². The average molecular weight is 277 g/mol. The van der Waals surface area contributed by atoms with Crippen molar-refractivity contribution >= 4 is 6.29 Å². The number of piperidine rings is 1. The minimum atomic E-state index is 0.265. The van der Waals surface area contributed by atoms with Crippen molar-refractivity contribution < 1.29 is 14.3 Å². The van der Waals surface area contributed by atoms with E-state index in [4.69, 9.17) is 9.47 Å². The Morgan fingerprint density at radius 1 is 1.30 bits per heavy atom. The fourth-order valence-electron chi connectivity index (χ4n) is 2.47. The predicted octanol–water partition coefficient (Wildman–Crippen LogP) is 2.30. The zero-order valence-corrected chi connectivity index (χ0v) is 12.3. The smallest absolute Gasteiger partial charge is 0.161 e. The summed E-state index contributed by atoms with van der Waals surface area (Å²) in [6, 6.07) is 5.93. The highest BCUT2D eigenvalue weighted by atomic mass is 16.5. The number of likely N-dealkylation sites (tertiary alicyclic amines) is 1. The number of hydrogen-bond acceptors (Lipinski definition) is 4. The first-order valence-electron chi connectivity index (χ1n) is 7.18. The zero-order valence-electron chi connectivity index (χ0n) is 12.3. The Bertz CT molecular complexity index is 439. The van der Waals surface area contributed by atoms with Crippen molar-refractivity contribution in [3.8, 4) is 11.5 Å². The van der Waals surface area contributed by atoms with Crippen LogP contribution in [0.1, 0.15) is 24.8 Å². The van der Waals surface area contributed by atoms with Crippen LogP contribution in [0.5, 0.6) is 11.5 Å². The summed E-state index contributed by atoms with van der Waals surface area (Å²) < 4.78 is 11.5. The summed E-state index contributed by atoms with van der Waals surface area (Å²) in [5, 5.41) is 0. The van der Waals surface area contributed by atoms with E-state index in [0.717, 1.165) is 55.7 Å². The molecule has 1 fully saturated rings. The maximum absolute atomic E-state index is 10.4. The first kappa shape index (κ1) is 14.9. The maximum Gasteiger partial charge on any atom is 0.161 e. The van der Waals surface area contributed by atoms with Crippen LogP contribution in [-0.4, -0.2) is 44.5 Å². The molecule has 20 heavy (non-hydrogen) atoms. The third kappa shape index (κ3) is 3.97. The van der Waals surface area contributed by atoms with E-state index in [-0.39, 0.29) is 6.10 Å². The molecule has 1 aromatic rings. The summed E-state index contributed by atoms with van der Waals surface area (Å²) in [7, 11) is 3.79. The summed E-state index contributed by atoms with van der Waals surface area (Å²) >= 11 is 0. The van der Waals surface area contributed by atoms with Gasteiger partial charge >= 0.3 is 0 Å². The SMILES string of the molecule is COc1cc(CCC=O)ccc1OC1CCN(C)CC1. The minimum absolute atomic E-state index is 0.265. The average Bonchev–Trinajstić information content (AvgIpc) is 2.48. The van der Waals surface area contributed by atoms with Crippen LogP contribution in [0.4, 0.5) is 0 Å². The van der Waals surface area contributed by atoms with Gasteiger partial charge in [-0.2, -0.15) is 0 Å². The van der Waals surface area contributed by atoms with Crippen molar-refractivity contribution in [2.24, 2.45) is 0 Å². The maximum atomic E-state index is 10.4. The van der Waals surface area contributed by atoms with Crippen LogP contribution in [0.3, 0.4) is 0 Å². The number of nitrogens with zero attached hydrogens (tertiary/aromatic N) is 1. The van der Waals surface area contributed by atoms with E-state index >= 15 is 0 Å². The van der Waals surface area contributed by atoms with Crippen LogP contribution in [-0.2, 0) is 11.2 Å². The number of benzene rings is 1. The van der Waals surface area contributed by atoms with E-state index in [1.54, 1.807) is 7.11 Å². The lowest BCUT2D eigenvalue weighted by Gasteiger charge is -2.29. The molecule has 4 heteroatoms. The second-order valence-corrected chi connectivity index (χ2v) is 5.31. The second-order valence-electron chi connectivity index (χ2n) is 5.31. The van der Waals surface area contributed by atoms with Crippen molar-refractivity contribution in [2.45, 2.75) is 31.8 Å². The fraction of sp³-hybridized carbons (Fsp3) is 0.562. The standard InChI is InChI=1S/C16H23NO3/c1-17-9-7-14(8-10-17)20-15-6-5-13(4-3-11-18)12-16(15)19-2/h5-6,11-12,14H,3-4,7-10H2,1-2H3. The van der Waals surface area contributed by atoms with Gasteiger partial charge in [0.15, 0.2) is 11.5 Å². The van der Waals surface area contributed by atoms with E-state index in [0.29, 0.717) is 6.42 Å². The van der Waals surface area contributed by atoms with Crippen LogP contribution in [0.15, 0.2) is 18.2 Å². The van der Waals surface area contributed by atoms with Gasteiger partial charge in [-0.15, -0.1) is 0 Å². The summed E-state index contributed by atoms with van der Waals surface area (Å²) in [5.41, 5.74) is 1.10. The van der Waals surface area contributed by atoms with Gasteiger partial charge in [0.2, 0.25) is 0 Å². The first-order chi connectivity index (χ1) is 9.72. The van der Waals surface area contributed by atoms with E-state index in [2.05, 4.69) is 11.9 Å². The summed E-state index contributed by atoms with van der Waals surface area (Å²) in [6.07, 6.45) is 4.59. The van der Waals surface area contributed by atoms with Crippen molar-refractivity contribution in [1.82, 2.24) is 4.90 Å². The van der Waals surface area contributed by atoms with Crippen molar-refractivity contribution in [3.63, 3.8) is 0 Å². The quantitative estimate of drug-likeness (QED) is 0.748. The molecule has 0 aliphatic carbocycles. The molecule has 0 saturated carbocycles. The predicted molar refractivity (Wildman–Crippen MR) is 78.5 cm³/mol. The molecule has 0 bridgehead atoms. The minimum Gasteiger partial charge on any atom is -0.493 e. The van der Waals surface area contributed by atoms with Gasteiger partial charge in [0.25, 0.3) is 0 Å². The number of methoxy groups -OCH3 is 1. The van der Waals surface area contributed by atoms with Gasteiger partial charge in [-0.05, 0) is 44.0 Å². The number of rotatable bonds is 6. The number of ether oxygens (including phenoxy) is 2. The number of carbonyl (C=O) groups is 1. The molecule has 1 saturated heterocycles. The van der Waals surface area contributed by atoms with Crippen LogP contribution >= 0.6 is 0 Å². The Labute approximate surface area is 120 Å². The lowest BCUT2D eigenvalue weighted by Crippen LogP contribution is -2.35. The third-order valence-corrected chi connectivity index (χ3v) is 3.74. The number of aldehydes is 1. The highest BCUT2D eigenvalue weighted by Crippen LogP contribution is 2.30. The first-order valence-corrected chi connectivity index (χ1v) is 7.18. The molecule has 1 aliphatic rings. The van der Waals surface area contributed by atoms with Gasteiger partial charge in [0, 0.05) is 19.5 Å². The molecule has 4 nitrogen and oxygen atoms in total. The lowest BCUT2D eigenvalue weighted by atomic mass is 10.1. The van der Waals surface area contributed by atoms with E-state index in [1.807, 2.05) is 18.2 Å². The monoisotopic (exact) mass is 277 g/mol. The van der Waals surface area contributed by atoms with E-state index in [1.165, 1.54) is 0 Å². The van der Waals surface area contributed by atoms with E-state index in [9.17, 15) is 4.79 Å². The molecule has 0 radical (unpaired) electrons. The highest BCUT2D eigenvalue weighted by Gasteiger charge is 2.19. The topological polar surface area (TPSA) is 38.8 Å². The Balaban J connectivity index is 2.01. The number of aryl methyl sites for hydroxylation is 1. The summed E-state index contributed by atoms with van der Waals surface area (Å²) in [4.78, 5) is 12.7. The molecule has 0 unspecified atom stereocenters. The van der Waals surface area contributed by atoms with Crippen LogP contribution < -0.4 is 9.47 Å². The van der Waals surface area contributed by atoms with Gasteiger partial charge in [-0.1, -0.05) is 6.07 Å². The Kier molecular flexibility index (Phi) is 5.41. The van der Waals surface area contributed by atoms with Crippen molar-refractivity contribution in [2.75, 3.05) is 27.2 Å². The van der Waals surface area contributed by atoms with Crippen molar-refractivity contribution in [3.05, 3.63) is 23.8 Å². The molecule has 1 aromatic carbocycles. The molecule has 1 heterocycles. The highest BCUT2D eigenvalue weighted by molar-refractivity contribution is 5.51. The Hall–Kier alpha value is -1.55. The van der Waals surface area contributed by atoms with Crippen LogP contribution in [0, 0.1) is 0 Å². The third-order valence-electron chi connectivity index (χ3n) is 3.74. The second kappa shape index (κ2) is 7.29. The summed E-state index contributed by atoms with van der Waals surface area (Å²) in [6.45, 7) is 2.15. The molecule has 0 N–H and O–H groups in total. The molecule has 2 rings (SSSR count). The molecule has 110 valence electrons. The van der Waals surface area contributed by atoms with Crippen molar-refractivity contribution in [1.29, 1.82) is 0 Å². The molecule has 0 aromatic heterocycles. The van der Waals surface area contributed by atoms with Gasteiger partial charge < -0.3 is 19.2 Å². The number of hydrogen-bond donors (Lipinski definition) is 0. The molecular formula is C16H23NO3. The number of carbonyl (C=O) groups excluding carboxylic acids is 1. The molecule has 0 atom stereocenters. The Morgan fingerprint density at radius 2 is 2.05 bits per heavy atom. The zero-order chi connectivity index (χ0) is 14.4. The summed E-state index contributed by atoms with van der Waals surface area (Å²) in [5.74, 6) is 1.56. The largest absolute Gasteiger partial charge is 0.493 e. The Morgan fingerprint density at radius 3 is 2.70 bits per heavy atom.